The van der Waals surface area contributed by atoms with E-state index in [2.05, 4.69) is 0 Å². The molecular formula is C13H13NO2. The first-order valence-electron chi connectivity index (χ1n) is 5.00. The number of hydrogen-bond donors (Lipinski definition) is 3. The number of phenols is 2. The maximum atomic E-state index is 9.46. The molecule has 0 spiro atoms. The lowest BCUT2D eigenvalue weighted by molar-refractivity contribution is 0.474. The quantitative estimate of drug-likeness (QED) is 0.531. The van der Waals surface area contributed by atoms with Gasteiger partial charge in [-0.15, -0.1) is 0 Å². The lowest BCUT2D eigenvalue weighted by Gasteiger charge is -2.04. The van der Waals surface area contributed by atoms with Crippen molar-refractivity contribution in [2.75, 3.05) is 5.73 Å². The minimum absolute atomic E-state index is 0.108. The second-order valence-electron chi connectivity index (χ2n) is 3.74. The lowest BCUT2D eigenvalue weighted by atomic mass is 10.0. The summed E-state index contributed by atoms with van der Waals surface area (Å²) in [7, 11) is 0. The van der Waals surface area contributed by atoms with Gasteiger partial charge < -0.3 is 15.9 Å². The Bertz CT molecular complexity index is 492. The van der Waals surface area contributed by atoms with Gasteiger partial charge in [-0.3, -0.25) is 0 Å². The highest BCUT2D eigenvalue weighted by atomic mass is 16.3. The molecule has 0 aromatic heterocycles. The van der Waals surface area contributed by atoms with E-state index in [0.717, 1.165) is 11.1 Å². The highest BCUT2D eigenvalue weighted by Gasteiger charge is 2.00. The van der Waals surface area contributed by atoms with Gasteiger partial charge in [0, 0.05) is 0 Å². The Morgan fingerprint density at radius 1 is 0.875 bits per heavy atom. The van der Waals surface area contributed by atoms with Crippen LogP contribution in [0.1, 0.15) is 11.1 Å². The molecule has 0 aliphatic heterocycles. The third kappa shape index (κ3) is 2.25. The van der Waals surface area contributed by atoms with Gasteiger partial charge in [0.15, 0.2) is 0 Å². The summed E-state index contributed by atoms with van der Waals surface area (Å²) >= 11 is 0. The number of benzene rings is 2. The van der Waals surface area contributed by atoms with Crippen LogP contribution in [-0.2, 0) is 6.42 Å². The number of anilines is 1. The number of rotatable bonds is 2. The zero-order chi connectivity index (χ0) is 11.5. The molecule has 0 unspecified atom stereocenters. The molecule has 4 N–H and O–H groups in total. The van der Waals surface area contributed by atoms with Gasteiger partial charge in [0.1, 0.15) is 11.5 Å². The number of phenolic OH excluding ortho intramolecular Hbond substituents is 2. The third-order valence-corrected chi connectivity index (χ3v) is 2.44. The normalized spacial score (nSPS) is 10.2. The summed E-state index contributed by atoms with van der Waals surface area (Å²) in [5.74, 6) is 0.361. The van der Waals surface area contributed by atoms with Gasteiger partial charge in [0.05, 0.1) is 5.69 Å². The van der Waals surface area contributed by atoms with Crippen molar-refractivity contribution in [2.24, 2.45) is 0 Å². The molecule has 3 nitrogen and oxygen atoms in total. The van der Waals surface area contributed by atoms with Crippen LogP contribution in [0.4, 0.5) is 5.69 Å². The maximum absolute atomic E-state index is 9.46. The summed E-state index contributed by atoms with van der Waals surface area (Å²) in [6.45, 7) is 0. The Morgan fingerprint density at radius 3 is 2.12 bits per heavy atom. The van der Waals surface area contributed by atoms with Gasteiger partial charge in [-0.05, 0) is 41.8 Å². The van der Waals surface area contributed by atoms with Crippen molar-refractivity contribution >= 4 is 5.69 Å². The first-order chi connectivity index (χ1) is 7.65. The van der Waals surface area contributed by atoms with Crippen LogP contribution < -0.4 is 5.73 Å². The van der Waals surface area contributed by atoms with Crippen molar-refractivity contribution in [3.05, 3.63) is 53.6 Å². The summed E-state index contributed by atoms with van der Waals surface area (Å²) in [5.41, 5.74) is 7.96. The van der Waals surface area contributed by atoms with Gasteiger partial charge in [0.2, 0.25) is 0 Å². The van der Waals surface area contributed by atoms with Gasteiger partial charge in [-0.2, -0.15) is 0 Å². The molecule has 0 aliphatic carbocycles. The molecule has 2 aromatic carbocycles. The zero-order valence-electron chi connectivity index (χ0n) is 8.72. The van der Waals surface area contributed by atoms with Gasteiger partial charge >= 0.3 is 0 Å². The van der Waals surface area contributed by atoms with E-state index in [-0.39, 0.29) is 11.5 Å². The Morgan fingerprint density at radius 2 is 1.50 bits per heavy atom. The standard InChI is InChI=1S/C13H13NO2/c14-12-6-3-10(8-13(12)16)7-9-1-4-11(15)5-2-9/h1-6,8,15-16H,7,14H2. The van der Waals surface area contributed by atoms with Crippen molar-refractivity contribution in [2.45, 2.75) is 6.42 Å². The van der Waals surface area contributed by atoms with Crippen LogP contribution in [0.25, 0.3) is 0 Å². The highest BCUT2D eigenvalue weighted by Crippen LogP contribution is 2.22. The fraction of sp³-hybridized carbons (Fsp3) is 0.0769. The van der Waals surface area contributed by atoms with E-state index >= 15 is 0 Å². The third-order valence-electron chi connectivity index (χ3n) is 2.44. The summed E-state index contributed by atoms with van der Waals surface area (Å²) in [6, 6.07) is 12.2. The van der Waals surface area contributed by atoms with Crippen LogP contribution in [0.15, 0.2) is 42.5 Å². The fourth-order valence-electron chi connectivity index (χ4n) is 1.55. The number of nitrogen functional groups attached to an aromatic ring is 1. The average molecular weight is 215 g/mol. The van der Waals surface area contributed by atoms with Gasteiger partial charge in [0.25, 0.3) is 0 Å². The largest absolute Gasteiger partial charge is 0.508 e. The first-order valence-corrected chi connectivity index (χ1v) is 5.00. The van der Waals surface area contributed by atoms with E-state index in [9.17, 15) is 5.11 Å². The molecule has 0 atom stereocenters. The van der Waals surface area contributed by atoms with Crippen LogP contribution in [0, 0.1) is 0 Å². The molecule has 16 heavy (non-hydrogen) atoms. The first kappa shape index (κ1) is 10.4. The van der Waals surface area contributed by atoms with Crippen molar-refractivity contribution in [3.63, 3.8) is 0 Å². The summed E-state index contributed by atoms with van der Waals surface area (Å²) in [5, 5.41) is 18.6. The van der Waals surface area contributed by atoms with Gasteiger partial charge in [-0.1, -0.05) is 18.2 Å². The molecule has 0 amide bonds. The lowest BCUT2D eigenvalue weighted by Crippen LogP contribution is -1.90. The number of hydrogen-bond acceptors (Lipinski definition) is 3. The highest BCUT2D eigenvalue weighted by molar-refractivity contribution is 5.53. The second kappa shape index (κ2) is 4.14. The van der Waals surface area contributed by atoms with Crippen molar-refractivity contribution < 1.29 is 10.2 Å². The van der Waals surface area contributed by atoms with E-state index in [1.807, 2.05) is 18.2 Å². The van der Waals surface area contributed by atoms with E-state index in [1.165, 1.54) is 0 Å². The van der Waals surface area contributed by atoms with E-state index in [1.54, 1.807) is 24.3 Å². The molecule has 0 aliphatic rings. The molecule has 0 fully saturated rings. The van der Waals surface area contributed by atoms with Crippen LogP contribution in [0.3, 0.4) is 0 Å². The molecule has 0 saturated carbocycles. The summed E-state index contributed by atoms with van der Waals surface area (Å²) < 4.78 is 0. The minimum atomic E-state index is 0.108. The Labute approximate surface area is 93.8 Å². The predicted molar refractivity (Wildman–Crippen MR) is 63.4 cm³/mol. The van der Waals surface area contributed by atoms with Crippen LogP contribution in [-0.4, -0.2) is 10.2 Å². The topological polar surface area (TPSA) is 66.5 Å². The maximum Gasteiger partial charge on any atom is 0.138 e. The van der Waals surface area contributed by atoms with Gasteiger partial charge in [-0.25, -0.2) is 0 Å². The fourth-order valence-corrected chi connectivity index (χ4v) is 1.55. The molecule has 0 bridgehead atoms. The smallest absolute Gasteiger partial charge is 0.138 e. The molecule has 0 heterocycles. The molecule has 3 heteroatoms. The van der Waals surface area contributed by atoms with Crippen molar-refractivity contribution in [1.82, 2.24) is 0 Å². The average Bonchev–Trinajstić information content (AvgIpc) is 2.27. The molecule has 2 aromatic rings. The number of aromatic hydroxyl groups is 2. The molecule has 2 rings (SSSR count). The molecule has 0 radical (unpaired) electrons. The Hall–Kier alpha value is -2.16. The SMILES string of the molecule is Nc1ccc(Cc2ccc(O)cc2)cc1O. The summed E-state index contributed by atoms with van der Waals surface area (Å²) in [4.78, 5) is 0. The monoisotopic (exact) mass is 215 g/mol. The second-order valence-corrected chi connectivity index (χ2v) is 3.74. The van der Waals surface area contributed by atoms with Crippen molar-refractivity contribution in [3.8, 4) is 11.5 Å². The molecular weight excluding hydrogens is 202 g/mol. The molecule has 82 valence electrons. The Balaban J connectivity index is 2.20. The van der Waals surface area contributed by atoms with Crippen molar-refractivity contribution in [1.29, 1.82) is 0 Å². The number of nitrogens with two attached hydrogens (primary N) is 1. The minimum Gasteiger partial charge on any atom is -0.508 e. The van der Waals surface area contributed by atoms with E-state index in [4.69, 9.17) is 10.8 Å². The predicted octanol–water partition coefficient (Wildman–Crippen LogP) is 2.27. The summed E-state index contributed by atoms with van der Waals surface area (Å²) in [6.07, 6.45) is 0.703. The molecule has 0 saturated heterocycles. The van der Waals surface area contributed by atoms with Crippen LogP contribution in [0.5, 0.6) is 11.5 Å². The van der Waals surface area contributed by atoms with E-state index in [0.29, 0.717) is 12.1 Å². The zero-order valence-corrected chi connectivity index (χ0v) is 8.72. The van der Waals surface area contributed by atoms with Crippen LogP contribution >= 0.6 is 0 Å². The Kier molecular flexibility index (Phi) is 2.68. The van der Waals surface area contributed by atoms with E-state index < -0.39 is 0 Å². The van der Waals surface area contributed by atoms with Crippen LogP contribution in [0.2, 0.25) is 0 Å².